The average molecular weight is 207 g/mol. The van der Waals surface area contributed by atoms with Crippen LogP contribution in [0.1, 0.15) is 38.2 Å². The summed E-state index contributed by atoms with van der Waals surface area (Å²) in [5.74, 6) is 0.759. The lowest BCUT2D eigenvalue weighted by Crippen LogP contribution is -2.33. The fourth-order valence-electron chi connectivity index (χ4n) is 1.77. The molecule has 0 unspecified atom stereocenters. The topological polar surface area (TPSA) is 42.4 Å². The zero-order valence-corrected chi connectivity index (χ0v) is 9.07. The zero-order chi connectivity index (χ0) is 10.7. The molecule has 0 aliphatic heterocycles. The lowest BCUT2D eigenvalue weighted by atomic mass is 9.76. The Morgan fingerprint density at radius 2 is 2.27 bits per heavy atom. The van der Waals surface area contributed by atoms with Gasteiger partial charge in [-0.05, 0) is 31.7 Å². The fourth-order valence-corrected chi connectivity index (χ4v) is 1.77. The van der Waals surface area contributed by atoms with E-state index in [0.717, 1.165) is 37.0 Å². The van der Waals surface area contributed by atoms with E-state index < -0.39 is 5.60 Å². The Morgan fingerprint density at radius 3 is 2.87 bits per heavy atom. The second-order valence-electron chi connectivity index (χ2n) is 4.14. The maximum Gasteiger partial charge on any atom is 0.137 e. The van der Waals surface area contributed by atoms with Crippen LogP contribution in [0.2, 0.25) is 0 Å². The van der Waals surface area contributed by atoms with Gasteiger partial charge in [-0.25, -0.2) is 0 Å². The van der Waals surface area contributed by atoms with Crippen LogP contribution in [0.5, 0.6) is 5.75 Å². The molecule has 1 N–H and O–H groups in total. The highest BCUT2D eigenvalue weighted by Gasteiger charge is 2.36. The van der Waals surface area contributed by atoms with Gasteiger partial charge in [0.15, 0.2) is 0 Å². The number of hydrogen-bond acceptors (Lipinski definition) is 3. The predicted molar refractivity (Wildman–Crippen MR) is 57.8 cm³/mol. The SMILES string of the molecule is CCCOc1cncc(C2(O)CCC2)c1. The molecule has 1 aliphatic carbocycles. The summed E-state index contributed by atoms with van der Waals surface area (Å²) in [6, 6.07) is 1.90. The molecule has 1 aromatic rings. The van der Waals surface area contributed by atoms with Crippen LogP contribution in [0.15, 0.2) is 18.5 Å². The van der Waals surface area contributed by atoms with Crippen molar-refractivity contribution in [2.75, 3.05) is 6.61 Å². The number of nitrogens with zero attached hydrogens (tertiary/aromatic N) is 1. The molecule has 3 heteroatoms. The highest BCUT2D eigenvalue weighted by molar-refractivity contribution is 5.29. The van der Waals surface area contributed by atoms with E-state index in [9.17, 15) is 5.11 Å². The predicted octanol–water partition coefficient (Wildman–Crippen LogP) is 2.24. The van der Waals surface area contributed by atoms with Crippen LogP contribution >= 0.6 is 0 Å². The van der Waals surface area contributed by atoms with E-state index in [4.69, 9.17) is 4.74 Å². The molecule has 1 aromatic heterocycles. The van der Waals surface area contributed by atoms with Gasteiger partial charge in [0, 0.05) is 11.8 Å². The van der Waals surface area contributed by atoms with E-state index in [2.05, 4.69) is 11.9 Å². The number of aromatic nitrogens is 1. The van der Waals surface area contributed by atoms with Gasteiger partial charge in [0.25, 0.3) is 0 Å². The van der Waals surface area contributed by atoms with Crippen molar-refractivity contribution in [1.29, 1.82) is 0 Å². The molecule has 82 valence electrons. The minimum Gasteiger partial charge on any atom is -0.492 e. The number of pyridine rings is 1. The van der Waals surface area contributed by atoms with E-state index in [0.29, 0.717) is 6.61 Å². The summed E-state index contributed by atoms with van der Waals surface area (Å²) in [6.07, 6.45) is 7.18. The minimum atomic E-state index is -0.640. The Balaban J connectivity index is 2.11. The van der Waals surface area contributed by atoms with Gasteiger partial charge in [0.1, 0.15) is 5.75 Å². The van der Waals surface area contributed by atoms with Crippen LogP contribution in [0, 0.1) is 0 Å². The lowest BCUT2D eigenvalue weighted by Gasteiger charge is -2.36. The normalized spacial score (nSPS) is 18.3. The number of hydrogen-bond donors (Lipinski definition) is 1. The van der Waals surface area contributed by atoms with Gasteiger partial charge < -0.3 is 9.84 Å². The second-order valence-corrected chi connectivity index (χ2v) is 4.14. The van der Waals surface area contributed by atoms with E-state index >= 15 is 0 Å². The van der Waals surface area contributed by atoms with Gasteiger partial charge in [-0.2, -0.15) is 0 Å². The highest BCUT2D eigenvalue weighted by Crippen LogP contribution is 2.41. The first-order chi connectivity index (χ1) is 7.24. The first kappa shape index (κ1) is 10.4. The van der Waals surface area contributed by atoms with Crippen molar-refractivity contribution in [2.45, 2.75) is 38.2 Å². The first-order valence-electron chi connectivity index (χ1n) is 5.55. The molecule has 0 spiro atoms. The van der Waals surface area contributed by atoms with Gasteiger partial charge in [0.05, 0.1) is 18.4 Å². The number of ether oxygens (including phenoxy) is 1. The molecule has 0 aromatic carbocycles. The smallest absolute Gasteiger partial charge is 0.137 e. The minimum absolute atomic E-state index is 0.640. The van der Waals surface area contributed by atoms with Crippen LogP contribution in [-0.2, 0) is 5.60 Å². The standard InChI is InChI=1S/C12H17NO2/c1-2-6-15-11-7-10(8-13-9-11)12(14)4-3-5-12/h7-9,14H,2-6H2,1H3. The average Bonchev–Trinajstić information content (AvgIpc) is 2.23. The summed E-state index contributed by atoms with van der Waals surface area (Å²) in [4.78, 5) is 4.10. The lowest BCUT2D eigenvalue weighted by molar-refractivity contribution is -0.0392. The van der Waals surface area contributed by atoms with E-state index in [1.54, 1.807) is 12.4 Å². The summed E-state index contributed by atoms with van der Waals surface area (Å²) in [5.41, 5.74) is 0.251. The molecule has 3 nitrogen and oxygen atoms in total. The quantitative estimate of drug-likeness (QED) is 0.823. The van der Waals surface area contributed by atoms with E-state index in [1.165, 1.54) is 0 Å². The highest BCUT2D eigenvalue weighted by atomic mass is 16.5. The number of rotatable bonds is 4. The molecule has 0 atom stereocenters. The molecule has 2 rings (SSSR count). The van der Waals surface area contributed by atoms with E-state index in [-0.39, 0.29) is 0 Å². The molecule has 0 amide bonds. The van der Waals surface area contributed by atoms with Crippen molar-refractivity contribution in [2.24, 2.45) is 0 Å². The van der Waals surface area contributed by atoms with Crippen molar-refractivity contribution < 1.29 is 9.84 Å². The van der Waals surface area contributed by atoms with E-state index in [1.807, 2.05) is 6.07 Å². The fraction of sp³-hybridized carbons (Fsp3) is 0.583. The monoisotopic (exact) mass is 207 g/mol. The van der Waals surface area contributed by atoms with Crippen molar-refractivity contribution >= 4 is 0 Å². The first-order valence-corrected chi connectivity index (χ1v) is 5.55. The molecule has 1 heterocycles. The Bertz CT molecular complexity index is 334. The molecule has 1 saturated carbocycles. The second kappa shape index (κ2) is 4.19. The third-order valence-corrected chi connectivity index (χ3v) is 2.90. The summed E-state index contributed by atoms with van der Waals surface area (Å²) >= 11 is 0. The third-order valence-electron chi connectivity index (χ3n) is 2.90. The molecule has 1 aliphatic rings. The largest absolute Gasteiger partial charge is 0.492 e. The Kier molecular flexibility index (Phi) is 2.91. The van der Waals surface area contributed by atoms with Gasteiger partial charge in [-0.15, -0.1) is 0 Å². The summed E-state index contributed by atoms with van der Waals surface area (Å²) in [5, 5.41) is 10.1. The van der Waals surface area contributed by atoms with Crippen LogP contribution < -0.4 is 4.74 Å². The molecule has 0 saturated heterocycles. The van der Waals surface area contributed by atoms with Crippen LogP contribution in [0.4, 0.5) is 0 Å². The maximum atomic E-state index is 10.1. The van der Waals surface area contributed by atoms with Gasteiger partial charge in [-0.3, -0.25) is 4.98 Å². The molecular formula is C12H17NO2. The molecular weight excluding hydrogens is 190 g/mol. The van der Waals surface area contributed by atoms with Crippen LogP contribution in [0.25, 0.3) is 0 Å². The van der Waals surface area contributed by atoms with Gasteiger partial charge in [0.2, 0.25) is 0 Å². The Morgan fingerprint density at radius 1 is 1.47 bits per heavy atom. The van der Waals surface area contributed by atoms with Gasteiger partial charge in [-0.1, -0.05) is 6.92 Å². The molecule has 0 bridgehead atoms. The molecule has 1 fully saturated rings. The van der Waals surface area contributed by atoms with Crippen molar-refractivity contribution in [3.8, 4) is 5.75 Å². The summed E-state index contributed by atoms with van der Waals surface area (Å²) in [7, 11) is 0. The van der Waals surface area contributed by atoms with Crippen molar-refractivity contribution in [1.82, 2.24) is 4.98 Å². The summed E-state index contributed by atoms with van der Waals surface area (Å²) in [6.45, 7) is 2.76. The Labute approximate surface area is 90.1 Å². The third kappa shape index (κ3) is 2.12. The zero-order valence-electron chi connectivity index (χ0n) is 9.07. The molecule has 15 heavy (non-hydrogen) atoms. The molecule has 0 radical (unpaired) electrons. The summed E-state index contributed by atoms with van der Waals surface area (Å²) < 4.78 is 5.49. The van der Waals surface area contributed by atoms with Crippen molar-refractivity contribution in [3.63, 3.8) is 0 Å². The van der Waals surface area contributed by atoms with Crippen molar-refractivity contribution in [3.05, 3.63) is 24.0 Å². The van der Waals surface area contributed by atoms with Crippen LogP contribution in [0.3, 0.4) is 0 Å². The van der Waals surface area contributed by atoms with Gasteiger partial charge >= 0.3 is 0 Å². The number of aliphatic hydroxyl groups is 1. The maximum absolute atomic E-state index is 10.1. The van der Waals surface area contributed by atoms with Crippen LogP contribution in [-0.4, -0.2) is 16.7 Å². The Hall–Kier alpha value is -1.09.